The van der Waals surface area contributed by atoms with Gasteiger partial charge in [0.15, 0.2) is 0 Å². The highest BCUT2D eigenvalue weighted by atomic mass is 15.2. The number of hydrogen-bond acceptors (Lipinski definition) is 2. The van der Waals surface area contributed by atoms with Gasteiger partial charge < -0.3 is 5.32 Å². The summed E-state index contributed by atoms with van der Waals surface area (Å²) in [4.78, 5) is 2.55. The summed E-state index contributed by atoms with van der Waals surface area (Å²) in [5.41, 5.74) is 3.06. The molecule has 1 fully saturated rings. The molecule has 1 aromatic carbocycles. The van der Waals surface area contributed by atoms with Crippen molar-refractivity contribution in [3.8, 4) is 0 Å². The van der Waals surface area contributed by atoms with E-state index in [1.807, 2.05) is 0 Å². The smallest absolute Gasteiger partial charge is 0.0234 e. The number of nitrogens with zero attached hydrogens (tertiary/aromatic N) is 1. The molecule has 0 aliphatic carbocycles. The largest absolute Gasteiger partial charge is 0.310 e. The molecule has 0 amide bonds. The summed E-state index contributed by atoms with van der Waals surface area (Å²) >= 11 is 0. The van der Waals surface area contributed by atoms with Crippen molar-refractivity contribution in [3.05, 3.63) is 35.4 Å². The summed E-state index contributed by atoms with van der Waals surface area (Å²) in [6, 6.07) is 8.91. The van der Waals surface area contributed by atoms with E-state index in [1.54, 1.807) is 0 Å². The van der Waals surface area contributed by atoms with Crippen molar-refractivity contribution in [1.82, 2.24) is 10.2 Å². The maximum Gasteiger partial charge on any atom is 0.0234 e. The Morgan fingerprint density at radius 1 is 1.18 bits per heavy atom. The van der Waals surface area contributed by atoms with Gasteiger partial charge in [-0.05, 0) is 32.8 Å². The van der Waals surface area contributed by atoms with Gasteiger partial charge in [0.05, 0.1) is 0 Å². The van der Waals surface area contributed by atoms with E-state index in [1.165, 1.54) is 24.1 Å². The Balaban J connectivity index is 1.93. The molecule has 1 aromatic rings. The minimum atomic E-state index is 0.294. The van der Waals surface area contributed by atoms with Crippen LogP contribution in [0.4, 0.5) is 0 Å². The van der Waals surface area contributed by atoms with Crippen LogP contribution in [0.3, 0.4) is 0 Å². The first-order valence-corrected chi connectivity index (χ1v) is 6.58. The Bertz CT molecular complexity index is 354. The Hall–Kier alpha value is -0.860. The lowest BCUT2D eigenvalue weighted by Crippen LogP contribution is -2.39. The quantitative estimate of drug-likeness (QED) is 0.843. The van der Waals surface area contributed by atoms with Gasteiger partial charge in [-0.25, -0.2) is 0 Å². The van der Waals surface area contributed by atoms with Crippen molar-refractivity contribution in [2.75, 3.05) is 19.6 Å². The molecular weight excluding hydrogens is 208 g/mol. The van der Waals surface area contributed by atoms with Gasteiger partial charge in [-0.1, -0.05) is 29.8 Å². The van der Waals surface area contributed by atoms with Gasteiger partial charge in [0.25, 0.3) is 0 Å². The van der Waals surface area contributed by atoms with Crippen LogP contribution < -0.4 is 5.32 Å². The second-order valence-corrected chi connectivity index (χ2v) is 5.82. The molecule has 1 aliphatic rings. The Labute approximate surface area is 105 Å². The highest BCUT2D eigenvalue weighted by Crippen LogP contribution is 2.14. The molecule has 0 atom stereocenters. The van der Waals surface area contributed by atoms with Gasteiger partial charge in [0, 0.05) is 31.7 Å². The van der Waals surface area contributed by atoms with E-state index in [4.69, 9.17) is 0 Å². The van der Waals surface area contributed by atoms with Gasteiger partial charge in [-0.2, -0.15) is 0 Å². The van der Waals surface area contributed by atoms with Crippen LogP contribution in [0, 0.1) is 6.92 Å². The van der Waals surface area contributed by atoms with E-state index in [9.17, 15) is 0 Å². The molecule has 0 bridgehead atoms. The predicted molar refractivity (Wildman–Crippen MR) is 73.2 cm³/mol. The van der Waals surface area contributed by atoms with Crippen LogP contribution in [0.5, 0.6) is 0 Å². The lowest BCUT2D eigenvalue weighted by Gasteiger charge is -2.23. The fourth-order valence-electron chi connectivity index (χ4n) is 2.30. The van der Waals surface area contributed by atoms with Crippen LogP contribution >= 0.6 is 0 Å². The maximum atomic E-state index is 3.60. The number of hydrogen-bond donors (Lipinski definition) is 1. The van der Waals surface area contributed by atoms with Crippen LogP contribution in [0.15, 0.2) is 24.3 Å². The minimum absolute atomic E-state index is 0.294. The molecule has 0 spiro atoms. The van der Waals surface area contributed by atoms with E-state index < -0.39 is 0 Å². The van der Waals surface area contributed by atoms with Crippen LogP contribution in [0.25, 0.3) is 0 Å². The third kappa shape index (κ3) is 3.83. The third-order valence-corrected chi connectivity index (χ3v) is 3.61. The molecule has 0 aromatic heterocycles. The van der Waals surface area contributed by atoms with Crippen molar-refractivity contribution < 1.29 is 0 Å². The molecule has 17 heavy (non-hydrogen) atoms. The molecule has 0 saturated carbocycles. The van der Waals surface area contributed by atoms with Crippen molar-refractivity contribution in [2.24, 2.45) is 0 Å². The van der Waals surface area contributed by atoms with Gasteiger partial charge >= 0.3 is 0 Å². The van der Waals surface area contributed by atoms with Crippen LogP contribution in [-0.4, -0.2) is 30.1 Å². The summed E-state index contributed by atoms with van der Waals surface area (Å²) < 4.78 is 0. The standard InChI is InChI=1S/C15H24N2/c1-13-4-6-14(7-5-13)12-17-10-8-15(2,3)16-9-11-17/h4-7,16H,8-12H2,1-3H3. The first-order chi connectivity index (χ1) is 8.05. The van der Waals surface area contributed by atoms with E-state index in [0.29, 0.717) is 5.54 Å². The summed E-state index contributed by atoms with van der Waals surface area (Å²) in [5.74, 6) is 0. The average Bonchev–Trinajstić information content (AvgIpc) is 2.44. The summed E-state index contributed by atoms with van der Waals surface area (Å²) in [5, 5.41) is 3.60. The third-order valence-electron chi connectivity index (χ3n) is 3.61. The first-order valence-electron chi connectivity index (χ1n) is 6.58. The monoisotopic (exact) mass is 232 g/mol. The number of benzene rings is 1. The van der Waals surface area contributed by atoms with Crippen LogP contribution in [0.1, 0.15) is 31.4 Å². The first kappa shape index (κ1) is 12.6. The molecule has 94 valence electrons. The Morgan fingerprint density at radius 3 is 2.59 bits per heavy atom. The minimum Gasteiger partial charge on any atom is -0.310 e. The molecule has 0 radical (unpaired) electrons. The molecule has 2 heteroatoms. The topological polar surface area (TPSA) is 15.3 Å². The fraction of sp³-hybridized carbons (Fsp3) is 0.600. The Morgan fingerprint density at radius 2 is 1.88 bits per heavy atom. The molecule has 2 nitrogen and oxygen atoms in total. The molecule has 1 saturated heterocycles. The number of rotatable bonds is 2. The second kappa shape index (κ2) is 5.19. The highest BCUT2D eigenvalue weighted by molar-refractivity contribution is 5.21. The van der Waals surface area contributed by atoms with Crippen LogP contribution in [0.2, 0.25) is 0 Å². The van der Waals surface area contributed by atoms with Crippen LogP contribution in [-0.2, 0) is 6.54 Å². The van der Waals surface area contributed by atoms with E-state index in [0.717, 1.165) is 19.6 Å². The zero-order valence-electron chi connectivity index (χ0n) is 11.3. The zero-order chi connectivity index (χ0) is 12.3. The highest BCUT2D eigenvalue weighted by Gasteiger charge is 2.21. The lowest BCUT2D eigenvalue weighted by molar-refractivity contribution is 0.276. The van der Waals surface area contributed by atoms with Crippen molar-refractivity contribution in [3.63, 3.8) is 0 Å². The van der Waals surface area contributed by atoms with Crippen molar-refractivity contribution in [2.45, 2.75) is 39.3 Å². The van der Waals surface area contributed by atoms with Gasteiger partial charge in [0.1, 0.15) is 0 Å². The van der Waals surface area contributed by atoms with Crippen molar-refractivity contribution >= 4 is 0 Å². The lowest BCUT2D eigenvalue weighted by atomic mass is 10.0. The fourth-order valence-corrected chi connectivity index (χ4v) is 2.30. The predicted octanol–water partition coefficient (Wildman–Crippen LogP) is 2.57. The van der Waals surface area contributed by atoms with E-state index in [2.05, 4.69) is 55.3 Å². The number of nitrogens with one attached hydrogen (secondary N) is 1. The summed E-state index contributed by atoms with van der Waals surface area (Å²) in [6.07, 6.45) is 1.22. The molecule has 0 unspecified atom stereocenters. The van der Waals surface area contributed by atoms with E-state index in [-0.39, 0.29) is 0 Å². The molecule has 1 N–H and O–H groups in total. The maximum absolute atomic E-state index is 3.60. The average molecular weight is 232 g/mol. The second-order valence-electron chi connectivity index (χ2n) is 5.82. The molecule has 1 heterocycles. The van der Waals surface area contributed by atoms with Gasteiger partial charge in [-0.3, -0.25) is 4.90 Å². The molecule has 1 aliphatic heterocycles. The van der Waals surface area contributed by atoms with Crippen molar-refractivity contribution in [1.29, 1.82) is 0 Å². The summed E-state index contributed by atoms with van der Waals surface area (Å²) in [7, 11) is 0. The molecule has 2 rings (SSSR count). The summed E-state index contributed by atoms with van der Waals surface area (Å²) in [6.45, 7) is 11.2. The zero-order valence-corrected chi connectivity index (χ0v) is 11.3. The SMILES string of the molecule is Cc1ccc(CN2CCNC(C)(C)CC2)cc1. The van der Waals surface area contributed by atoms with E-state index >= 15 is 0 Å². The molecular formula is C15H24N2. The van der Waals surface area contributed by atoms with Gasteiger partial charge in [-0.15, -0.1) is 0 Å². The van der Waals surface area contributed by atoms with Gasteiger partial charge in [0.2, 0.25) is 0 Å². The number of aryl methyl sites for hydroxylation is 1. The normalized spacial score (nSPS) is 21.1. The Kier molecular flexibility index (Phi) is 3.85.